The number of hydrogen-bond acceptors (Lipinski definition) is 2. The van der Waals surface area contributed by atoms with Gasteiger partial charge < -0.3 is 5.32 Å². The van der Waals surface area contributed by atoms with E-state index in [0.29, 0.717) is 5.02 Å². The molecule has 132 valence electrons. The van der Waals surface area contributed by atoms with Gasteiger partial charge in [0.2, 0.25) is 0 Å². The number of nitrogens with one attached hydrogen (secondary N) is 1. The molecular formula is C23H18ClN3. The van der Waals surface area contributed by atoms with E-state index in [1.54, 1.807) is 0 Å². The van der Waals surface area contributed by atoms with Crippen LogP contribution >= 0.6 is 11.6 Å². The summed E-state index contributed by atoms with van der Waals surface area (Å²) in [4.78, 5) is 0. The lowest BCUT2D eigenvalue weighted by Crippen LogP contribution is -2.04. The molecule has 3 nitrogen and oxygen atoms in total. The summed E-state index contributed by atoms with van der Waals surface area (Å²) in [5.74, 6) is 1.07. The second kappa shape index (κ2) is 6.60. The Morgan fingerprint density at radius 1 is 0.815 bits per heavy atom. The fourth-order valence-corrected chi connectivity index (χ4v) is 3.84. The summed E-state index contributed by atoms with van der Waals surface area (Å²) in [6.07, 6.45) is 0.978. The molecule has 0 unspecified atom stereocenters. The fourth-order valence-electron chi connectivity index (χ4n) is 3.65. The first-order chi connectivity index (χ1) is 13.3. The van der Waals surface area contributed by atoms with Crippen LogP contribution in [0.3, 0.4) is 0 Å². The first-order valence-corrected chi connectivity index (χ1v) is 9.45. The van der Waals surface area contributed by atoms with Crippen molar-refractivity contribution in [2.24, 2.45) is 0 Å². The van der Waals surface area contributed by atoms with Crippen LogP contribution in [0.4, 0.5) is 5.82 Å². The van der Waals surface area contributed by atoms with Gasteiger partial charge in [-0.15, -0.1) is 0 Å². The fraction of sp³-hybridized carbons (Fsp3) is 0.0870. The molecule has 0 bridgehead atoms. The lowest BCUT2D eigenvalue weighted by Gasteiger charge is -2.07. The van der Waals surface area contributed by atoms with Gasteiger partial charge in [-0.1, -0.05) is 72.3 Å². The third kappa shape index (κ3) is 2.90. The van der Waals surface area contributed by atoms with E-state index in [-0.39, 0.29) is 0 Å². The van der Waals surface area contributed by atoms with Gasteiger partial charge in [0.05, 0.1) is 11.4 Å². The number of fused-ring (bicyclic) bond motifs is 1. The molecule has 4 heteroatoms. The van der Waals surface area contributed by atoms with Crippen LogP contribution in [0.25, 0.3) is 28.1 Å². The number of hydrogen-bond donors (Lipinski definition) is 1. The van der Waals surface area contributed by atoms with Crippen molar-refractivity contribution in [2.45, 2.75) is 6.42 Å². The lowest BCUT2D eigenvalue weighted by molar-refractivity contribution is 0.882. The van der Waals surface area contributed by atoms with E-state index >= 15 is 0 Å². The molecule has 0 atom stereocenters. The molecule has 1 aromatic heterocycles. The first-order valence-electron chi connectivity index (χ1n) is 9.07. The zero-order valence-electron chi connectivity index (χ0n) is 14.7. The summed E-state index contributed by atoms with van der Waals surface area (Å²) in [6.45, 7) is 0.933. The van der Waals surface area contributed by atoms with E-state index in [4.69, 9.17) is 16.7 Å². The maximum atomic E-state index is 6.18. The lowest BCUT2D eigenvalue weighted by atomic mass is 10.0. The Labute approximate surface area is 163 Å². The standard InChI is InChI=1S/C23H18ClN3/c24-19-7-4-8-20(15-19)27-23-21(13-14-25-23)22(26-27)18-11-9-17(10-12-18)16-5-2-1-3-6-16/h1-12,15,25H,13-14H2. The highest BCUT2D eigenvalue weighted by Crippen LogP contribution is 2.35. The molecule has 0 amide bonds. The largest absolute Gasteiger partial charge is 0.369 e. The van der Waals surface area contributed by atoms with Gasteiger partial charge in [0.15, 0.2) is 0 Å². The SMILES string of the molecule is Clc1cccc(-n2nc(-c3ccc(-c4ccccc4)cc3)c3c2NCC3)c1. The molecule has 0 saturated heterocycles. The van der Waals surface area contributed by atoms with Crippen molar-refractivity contribution in [3.8, 4) is 28.1 Å². The molecule has 0 saturated carbocycles. The van der Waals surface area contributed by atoms with Crippen molar-refractivity contribution in [3.63, 3.8) is 0 Å². The summed E-state index contributed by atoms with van der Waals surface area (Å²) < 4.78 is 1.97. The molecule has 27 heavy (non-hydrogen) atoms. The Morgan fingerprint density at radius 2 is 1.56 bits per heavy atom. The van der Waals surface area contributed by atoms with E-state index < -0.39 is 0 Å². The van der Waals surface area contributed by atoms with Crippen LogP contribution in [0, 0.1) is 0 Å². The van der Waals surface area contributed by atoms with Crippen LogP contribution in [0.15, 0.2) is 78.9 Å². The number of rotatable bonds is 3. The Bertz CT molecular complexity index is 1100. The van der Waals surface area contributed by atoms with Gasteiger partial charge in [-0.05, 0) is 35.7 Å². The molecule has 1 aliphatic rings. The highest BCUT2D eigenvalue weighted by Gasteiger charge is 2.23. The van der Waals surface area contributed by atoms with Gasteiger partial charge in [-0.3, -0.25) is 0 Å². The summed E-state index contributed by atoms with van der Waals surface area (Å²) in [5.41, 5.74) is 6.84. The first kappa shape index (κ1) is 16.2. The van der Waals surface area contributed by atoms with Crippen molar-refractivity contribution < 1.29 is 0 Å². The highest BCUT2D eigenvalue weighted by molar-refractivity contribution is 6.30. The van der Waals surface area contributed by atoms with E-state index in [1.807, 2.05) is 35.0 Å². The van der Waals surface area contributed by atoms with Crippen molar-refractivity contribution in [1.82, 2.24) is 9.78 Å². The predicted molar refractivity (Wildman–Crippen MR) is 112 cm³/mol. The normalized spacial score (nSPS) is 12.6. The van der Waals surface area contributed by atoms with Crippen molar-refractivity contribution in [1.29, 1.82) is 0 Å². The Morgan fingerprint density at radius 3 is 2.33 bits per heavy atom. The minimum Gasteiger partial charge on any atom is -0.369 e. The molecule has 0 radical (unpaired) electrons. The number of anilines is 1. The zero-order chi connectivity index (χ0) is 18.2. The van der Waals surface area contributed by atoms with E-state index in [9.17, 15) is 0 Å². The van der Waals surface area contributed by atoms with Crippen LogP contribution in [0.2, 0.25) is 5.02 Å². The van der Waals surface area contributed by atoms with Gasteiger partial charge in [-0.2, -0.15) is 5.10 Å². The van der Waals surface area contributed by atoms with Crippen molar-refractivity contribution in [3.05, 3.63) is 89.4 Å². The summed E-state index contributed by atoms with van der Waals surface area (Å²) in [6, 6.07) is 26.9. The van der Waals surface area contributed by atoms with Crippen LogP contribution < -0.4 is 5.32 Å². The minimum atomic E-state index is 0.712. The monoisotopic (exact) mass is 371 g/mol. The van der Waals surface area contributed by atoms with E-state index in [2.05, 4.69) is 53.8 Å². The topological polar surface area (TPSA) is 29.9 Å². The minimum absolute atomic E-state index is 0.712. The van der Waals surface area contributed by atoms with Gasteiger partial charge >= 0.3 is 0 Å². The Kier molecular flexibility index (Phi) is 3.95. The molecular weight excluding hydrogens is 354 g/mol. The second-order valence-electron chi connectivity index (χ2n) is 6.69. The molecule has 3 aromatic carbocycles. The van der Waals surface area contributed by atoms with Crippen molar-refractivity contribution >= 4 is 17.4 Å². The van der Waals surface area contributed by atoms with E-state index in [0.717, 1.165) is 35.7 Å². The Balaban J connectivity index is 1.57. The Hall–Kier alpha value is -3.04. The number of halogens is 1. The van der Waals surface area contributed by atoms with Gasteiger partial charge in [-0.25, -0.2) is 4.68 Å². The molecule has 0 aliphatic carbocycles. The average molecular weight is 372 g/mol. The summed E-state index contributed by atoms with van der Waals surface area (Å²) in [7, 11) is 0. The summed E-state index contributed by atoms with van der Waals surface area (Å²) >= 11 is 6.18. The third-order valence-electron chi connectivity index (χ3n) is 4.97. The second-order valence-corrected chi connectivity index (χ2v) is 7.12. The van der Waals surface area contributed by atoms with Gasteiger partial charge in [0.1, 0.15) is 5.82 Å². The quantitative estimate of drug-likeness (QED) is 0.491. The average Bonchev–Trinajstić information content (AvgIpc) is 3.32. The van der Waals surface area contributed by atoms with Crippen LogP contribution in [-0.4, -0.2) is 16.3 Å². The highest BCUT2D eigenvalue weighted by atomic mass is 35.5. The molecule has 1 aliphatic heterocycles. The third-order valence-corrected chi connectivity index (χ3v) is 5.20. The number of benzene rings is 3. The van der Waals surface area contributed by atoms with Gasteiger partial charge in [0, 0.05) is 22.7 Å². The zero-order valence-corrected chi connectivity index (χ0v) is 15.4. The van der Waals surface area contributed by atoms with Crippen molar-refractivity contribution in [2.75, 3.05) is 11.9 Å². The van der Waals surface area contributed by atoms with Crippen LogP contribution in [-0.2, 0) is 6.42 Å². The van der Waals surface area contributed by atoms with Crippen LogP contribution in [0.1, 0.15) is 5.56 Å². The number of nitrogens with zero attached hydrogens (tertiary/aromatic N) is 2. The molecule has 1 N–H and O–H groups in total. The maximum absolute atomic E-state index is 6.18. The smallest absolute Gasteiger partial charge is 0.133 e. The van der Waals surface area contributed by atoms with E-state index in [1.165, 1.54) is 16.7 Å². The van der Waals surface area contributed by atoms with Crippen LogP contribution in [0.5, 0.6) is 0 Å². The predicted octanol–water partition coefficient (Wildman–Crippen LogP) is 5.83. The molecule has 5 rings (SSSR count). The maximum Gasteiger partial charge on any atom is 0.133 e. The molecule has 2 heterocycles. The van der Waals surface area contributed by atoms with Gasteiger partial charge in [0.25, 0.3) is 0 Å². The molecule has 0 spiro atoms. The number of aromatic nitrogens is 2. The molecule has 4 aromatic rings. The molecule has 0 fully saturated rings. The summed E-state index contributed by atoms with van der Waals surface area (Å²) in [5, 5.41) is 9.09.